The summed E-state index contributed by atoms with van der Waals surface area (Å²) >= 11 is 1.08. The molecular formula is C13H5NO2S. The van der Waals surface area contributed by atoms with Crippen LogP contribution in [0.25, 0.3) is 0 Å². The molecule has 0 spiro atoms. The van der Waals surface area contributed by atoms with Crippen LogP contribution in [0.2, 0.25) is 0 Å². The first-order chi connectivity index (χ1) is 8.22. The topological polar surface area (TPSA) is 57.9 Å². The van der Waals surface area contributed by atoms with Crippen LogP contribution in [0.4, 0.5) is 0 Å². The number of nitriles is 1. The second-order valence-corrected chi connectivity index (χ2v) is 4.72. The molecule has 1 aliphatic rings. The molecule has 1 aliphatic carbocycles. The molecule has 3 rings (SSSR count). The highest BCUT2D eigenvalue weighted by atomic mass is 32.1. The Kier molecular flexibility index (Phi) is 1.97. The Labute approximate surface area is 101 Å². The number of nitrogens with zero attached hydrogens (tertiary/aromatic N) is 1. The van der Waals surface area contributed by atoms with Crippen molar-refractivity contribution >= 4 is 22.9 Å². The van der Waals surface area contributed by atoms with Crippen molar-refractivity contribution in [1.29, 1.82) is 5.26 Å². The van der Waals surface area contributed by atoms with Gasteiger partial charge in [0.15, 0.2) is 5.78 Å². The zero-order valence-corrected chi connectivity index (χ0v) is 9.38. The molecule has 4 heteroatoms. The molecule has 80 valence electrons. The second kappa shape index (κ2) is 3.37. The molecule has 1 aromatic carbocycles. The van der Waals surface area contributed by atoms with E-state index >= 15 is 0 Å². The number of thiophene rings is 1. The van der Waals surface area contributed by atoms with Crippen LogP contribution < -0.4 is 0 Å². The average Bonchev–Trinajstić information content (AvgIpc) is 2.80. The molecule has 0 bridgehead atoms. The summed E-state index contributed by atoms with van der Waals surface area (Å²) in [6.45, 7) is 0. The van der Waals surface area contributed by atoms with Gasteiger partial charge in [0, 0.05) is 16.7 Å². The second-order valence-electron chi connectivity index (χ2n) is 3.67. The Morgan fingerprint density at radius 3 is 2.29 bits per heavy atom. The lowest BCUT2D eigenvalue weighted by molar-refractivity contribution is 0.0982. The number of carbonyl (C=O) groups is 2. The lowest BCUT2D eigenvalue weighted by Gasteiger charge is -2.12. The van der Waals surface area contributed by atoms with Gasteiger partial charge in [-0.25, -0.2) is 0 Å². The average molecular weight is 239 g/mol. The van der Waals surface area contributed by atoms with Gasteiger partial charge in [-0.05, 0) is 6.07 Å². The molecule has 1 heterocycles. The number of fused-ring (bicyclic) bond motifs is 2. The van der Waals surface area contributed by atoms with E-state index in [1.54, 1.807) is 24.3 Å². The van der Waals surface area contributed by atoms with Crippen molar-refractivity contribution in [2.24, 2.45) is 0 Å². The van der Waals surface area contributed by atoms with Crippen LogP contribution in [0.5, 0.6) is 0 Å². The van der Waals surface area contributed by atoms with E-state index < -0.39 is 0 Å². The zero-order valence-electron chi connectivity index (χ0n) is 8.56. The number of rotatable bonds is 0. The standard InChI is InChI=1S/C13H5NO2S/c14-6-7-5-10-11(15)8-3-1-2-4-9(8)12(16)13(10)17-7/h1-5H. The predicted octanol–water partition coefficient (Wildman–Crippen LogP) is 2.40. The fourth-order valence-corrected chi connectivity index (χ4v) is 2.84. The maximum Gasteiger partial charge on any atom is 0.204 e. The molecule has 17 heavy (non-hydrogen) atoms. The highest BCUT2D eigenvalue weighted by Gasteiger charge is 2.31. The van der Waals surface area contributed by atoms with Gasteiger partial charge in [-0.2, -0.15) is 5.26 Å². The van der Waals surface area contributed by atoms with Crippen LogP contribution in [0, 0.1) is 11.3 Å². The molecule has 0 radical (unpaired) electrons. The number of benzene rings is 1. The van der Waals surface area contributed by atoms with Gasteiger partial charge in [0.1, 0.15) is 10.9 Å². The number of carbonyl (C=O) groups excluding carboxylic acids is 2. The zero-order chi connectivity index (χ0) is 12.0. The van der Waals surface area contributed by atoms with Gasteiger partial charge in [0.25, 0.3) is 0 Å². The molecule has 0 atom stereocenters. The van der Waals surface area contributed by atoms with Gasteiger partial charge in [-0.15, -0.1) is 11.3 Å². The van der Waals surface area contributed by atoms with Gasteiger partial charge in [-0.1, -0.05) is 24.3 Å². The van der Waals surface area contributed by atoms with E-state index in [1.165, 1.54) is 6.07 Å². The summed E-state index contributed by atoms with van der Waals surface area (Å²) in [6, 6.07) is 10.2. The van der Waals surface area contributed by atoms with Gasteiger partial charge in [-0.3, -0.25) is 9.59 Å². The van der Waals surface area contributed by atoms with Crippen molar-refractivity contribution < 1.29 is 9.59 Å². The van der Waals surface area contributed by atoms with E-state index in [2.05, 4.69) is 0 Å². The minimum atomic E-state index is -0.173. The first-order valence-electron chi connectivity index (χ1n) is 4.94. The summed E-state index contributed by atoms with van der Waals surface area (Å²) in [7, 11) is 0. The molecule has 0 saturated carbocycles. The Balaban J connectivity index is 2.32. The summed E-state index contributed by atoms with van der Waals surface area (Å²) < 4.78 is 0. The Morgan fingerprint density at radius 1 is 1.00 bits per heavy atom. The highest BCUT2D eigenvalue weighted by molar-refractivity contribution is 7.15. The van der Waals surface area contributed by atoms with E-state index in [4.69, 9.17) is 5.26 Å². The van der Waals surface area contributed by atoms with Gasteiger partial charge in [0.05, 0.1) is 4.88 Å². The summed E-state index contributed by atoms with van der Waals surface area (Å²) in [5, 5.41) is 8.81. The van der Waals surface area contributed by atoms with E-state index in [9.17, 15) is 9.59 Å². The summed E-state index contributed by atoms with van der Waals surface area (Å²) in [5.74, 6) is -0.338. The SMILES string of the molecule is N#Cc1cc2c(s1)C(=O)c1ccccc1C2=O. The molecule has 0 aliphatic heterocycles. The molecule has 0 unspecified atom stereocenters. The minimum Gasteiger partial charge on any atom is -0.289 e. The maximum atomic E-state index is 12.1. The third kappa shape index (κ3) is 1.26. The number of hydrogen-bond acceptors (Lipinski definition) is 4. The summed E-state index contributed by atoms with van der Waals surface area (Å²) in [6.07, 6.45) is 0. The molecule has 0 saturated heterocycles. The fourth-order valence-electron chi connectivity index (χ4n) is 1.93. The molecule has 0 N–H and O–H groups in total. The van der Waals surface area contributed by atoms with Crippen LogP contribution in [0.3, 0.4) is 0 Å². The monoisotopic (exact) mass is 239 g/mol. The van der Waals surface area contributed by atoms with E-state index in [1.807, 2.05) is 6.07 Å². The Bertz CT molecular complexity index is 654. The van der Waals surface area contributed by atoms with Crippen molar-refractivity contribution in [3.8, 4) is 6.07 Å². The van der Waals surface area contributed by atoms with E-state index in [0.29, 0.717) is 26.4 Å². The molecular weight excluding hydrogens is 234 g/mol. The van der Waals surface area contributed by atoms with E-state index in [-0.39, 0.29) is 11.6 Å². The lowest BCUT2D eigenvalue weighted by Crippen LogP contribution is -2.18. The van der Waals surface area contributed by atoms with Gasteiger partial charge in [0.2, 0.25) is 5.78 Å². The van der Waals surface area contributed by atoms with Crippen LogP contribution in [-0.2, 0) is 0 Å². The largest absolute Gasteiger partial charge is 0.289 e. The van der Waals surface area contributed by atoms with Crippen LogP contribution in [0.1, 0.15) is 36.0 Å². The Hall–Kier alpha value is -2.25. The van der Waals surface area contributed by atoms with Crippen LogP contribution in [-0.4, -0.2) is 11.6 Å². The van der Waals surface area contributed by atoms with Crippen LogP contribution >= 0.6 is 11.3 Å². The first-order valence-corrected chi connectivity index (χ1v) is 5.76. The molecule has 0 amide bonds. The lowest BCUT2D eigenvalue weighted by atomic mass is 9.89. The van der Waals surface area contributed by atoms with Crippen molar-refractivity contribution in [3.63, 3.8) is 0 Å². The first kappa shape index (κ1) is 9.94. The van der Waals surface area contributed by atoms with Crippen LogP contribution in [0.15, 0.2) is 30.3 Å². The molecule has 1 aromatic heterocycles. The van der Waals surface area contributed by atoms with Gasteiger partial charge < -0.3 is 0 Å². The highest BCUT2D eigenvalue weighted by Crippen LogP contribution is 2.32. The number of hydrogen-bond donors (Lipinski definition) is 0. The van der Waals surface area contributed by atoms with Crippen molar-refractivity contribution in [1.82, 2.24) is 0 Å². The van der Waals surface area contributed by atoms with Gasteiger partial charge >= 0.3 is 0 Å². The molecule has 2 aromatic rings. The third-order valence-electron chi connectivity index (χ3n) is 2.71. The van der Waals surface area contributed by atoms with Crippen molar-refractivity contribution in [2.45, 2.75) is 0 Å². The number of ketones is 2. The third-order valence-corrected chi connectivity index (χ3v) is 3.75. The smallest absolute Gasteiger partial charge is 0.204 e. The summed E-state index contributed by atoms with van der Waals surface area (Å²) in [4.78, 5) is 25.0. The van der Waals surface area contributed by atoms with Crippen molar-refractivity contribution in [2.75, 3.05) is 0 Å². The molecule has 0 fully saturated rings. The predicted molar refractivity (Wildman–Crippen MR) is 62.3 cm³/mol. The quantitative estimate of drug-likeness (QED) is 0.605. The fraction of sp³-hybridized carbons (Fsp3) is 0. The Morgan fingerprint density at radius 2 is 1.65 bits per heavy atom. The maximum absolute atomic E-state index is 12.1. The summed E-state index contributed by atoms with van der Waals surface area (Å²) in [5.41, 5.74) is 1.21. The molecule has 3 nitrogen and oxygen atoms in total. The normalized spacial score (nSPS) is 12.9. The minimum absolute atomic E-state index is 0.165. The van der Waals surface area contributed by atoms with E-state index in [0.717, 1.165) is 11.3 Å². The van der Waals surface area contributed by atoms with Crippen molar-refractivity contribution in [3.05, 3.63) is 56.8 Å².